The van der Waals surface area contributed by atoms with Crippen LogP contribution in [0.2, 0.25) is 0 Å². The molecule has 0 aliphatic heterocycles. The molecule has 1 N–H and O–H groups in total. The minimum Gasteiger partial charge on any atom is -0.347 e. The number of hydrogen-bond acceptors (Lipinski definition) is 2. The van der Waals surface area contributed by atoms with Gasteiger partial charge in [-0.3, -0.25) is 9.59 Å². The van der Waals surface area contributed by atoms with Gasteiger partial charge in [0, 0.05) is 24.3 Å². The van der Waals surface area contributed by atoms with E-state index in [1.807, 2.05) is 0 Å². The number of nitrogens with one attached hydrogen (secondary N) is 1. The van der Waals surface area contributed by atoms with Gasteiger partial charge in [0.25, 0.3) is 5.91 Å². The molecule has 0 fully saturated rings. The molecule has 168 valence electrons. The molecule has 3 aromatic rings. The summed E-state index contributed by atoms with van der Waals surface area (Å²) in [6, 6.07) is 10.5. The fraction of sp³-hybridized carbons (Fsp3) is 0.250. The summed E-state index contributed by atoms with van der Waals surface area (Å²) >= 11 is 0. The van der Waals surface area contributed by atoms with Crippen molar-refractivity contribution in [3.05, 3.63) is 93.6 Å². The smallest absolute Gasteiger partial charge is 0.347 e. The summed E-state index contributed by atoms with van der Waals surface area (Å²) < 4.78 is 53.8. The van der Waals surface area contributed by atoms with E-state index in [9.17, 15) is 27.2 Å². The molecule has 2 aromatic carbocycles. The normalized spacial score (nSPS) is 11.5. The van der Waals surface area contributed by atoms with Crippen molar-refractivity contribution < 1.29 is 27.2 Å². The van der Waals surface area contributed by atoms with Crippen LogP contribution in [0, 0.1) is 19.7 Å². The quantitative estimate of drug-likeness (QED) is 0.405. The lowest BCUT2D eigenvalue weighted by atomic mass is 10.1. The molecule has 0 aliphatic rings. The molecule has 0 spiro atoms. The summed E-state index contributed by atoms with van der Waals surface area (Å²) in [7, 11) is 0. The molecule has 0 aliphatic carbocycles. The van der Waals surface area contributed by atoms with Crippen LogP contribution in [0.25, 0.3) is 0 Å². The molecule has 8 heteroatoms. The van der Waals surface area contributed by atoms with Crippen molar-refractivity contribution in [2.24, 2.45) is 0 Å². The first-order valence-electron chi connectivity index (χ1n) is 9.88. The number of aromatic nitrogens is 1. The second-order valence-electron chi connectivity index (χ2n) is 7.58. The third-order valence-corrected chi connectivity index (χ3v) is 5.30. The highest BCUT2D eigenvalue weighted by Gasteiger charge is 2.30. The Kier molecular flexibility index (Phi) is 6.52. The van der Waals surface area contributed by atoms with E-state index in [0.29, 0.717) is 22.4 Å². The van der Waals surface area contributed by atoms with E-state index >= 15 is 0 Å². The third kappa shape index (κ3) is 4.90. The Bertz CT molecular complexity index is 1160. The minimum atomic E-state index is -4.48. The summed E-state index contributed by atoms with van der Waals surface area (Å²) in [5.74, 6) is -1.11. The van der Waals surface area contributed by atoms with Gasteiger partial charge in [0.15, 0.2) is 5.78 Å². The van der Waals surface area contributed by atoms with Gasteiger partial charge in [-0.15, -0.1) is 0 Å². The van der Waals surface area contributed by atoms with Gasteiger partial charge in [-0.25, -0.2) is 4.39 Å². The number of nitrogens with zero attached hydrogens (tertiary/aromatic N) is 1. The SMILES string of the molecule is CC(=O)c1c(C)c(C(=O)NCc2cccc(C(F)(F)F)c2)n(Cc2ccc(F)cc2)c1C. The van der Waals surface area contributed by atoms with Crippen LogP contribution >= 0.6 is 0 Å². The summed E-state index contributed by atoms with van der Waals surface area (Å²) in [6.07, 6.45) is -4.48. The summed E-state index contributed by atoms with van der Waals surface area (Å²) in [6.45, 7) is 4.90. The number of rotatable bonds is 6. The Morgan fingerprint density at radius 3 is 2.25 bits per heavy atom. The Hall–Kier alpha value is -3.42. The van der Waals surface area contributed by atoms with Crippen LogP contribution in [-0.4, -0.2) is 16.3 Å². The van der Waals surface area contributed by atoms with Crippen LogP contribution in [0.3, 0.4) is 0 Å². The molecule has 0 atom stereocenters. The molecule has 0 unspecified atom stereocenters. The number of ketones is 1. The van der Waals surface area contributed by atoms with Crippen LogP contribution < -0.4 is 5.32 Å². The van der Waals surface area contributed by atoms with Gasteiger partial charge in [0.2, 0.25) is 0 Å². The fourth-order valence-electron chi connectivity index (χ4n) is 3.80. The van der Waals surface area contributed by atoms with Crippen molar-refractivity contribution >= 4 is 11.7 Å². The van der Waals surface area contributed by atoms with E-state index in [1.54, 1.807) is 30.5 Å². The first-order valence-corrected chi connectivity index (χ1v) is 9.88. The maximum atomic E-state index is 13.3. The molecule has 32 heavy (non-hydrogen) atoms. The molecule has 0 bridgehead atoms. The van der Waals surface area contributed by atoms with Crippen LogP contribution in [0.1, 0.15) is 55.7 Å². The Balaban J connectivity index is 1.92. The van der Waals surface area contributed by atoms with E-state index in [-0.39, 0.29) is 24.6 Å². The van der Waals surface area contributed by atoms with Crippen LogP contribution in [-0.2, 0) is 19.3 Å². The van der Waals surface area contributed by atoms with Gasteiger partial charge < -0.3 is 9.88 Å². The number of carbonyl (C=O) groups is 2. The molecular formula is C24H22F4N2O2. The predicted octanol–water partition coefficient (Wildman–Crippen LogP) is 5.44. The van der Waals surface area contributed by atoms with E-state index in [0.717, 1.165) is 17.7 Å². The maximum Gasteiger partial charge on any atom is 0.416 e. The highest BCUT2D eigenvalue weighted by atomic mass is 19.4. The van der Waals surface area contributed by atoms with Gasteiger partial charge in [-0.1, -0.05) is 24.3 Å². The van der Waals surface area contributed by atoms with Gasteiger partial charge in [0.1, 0.15) is 11.5 Å². The largest absolute Gasteiger partial charge is 0.416 e. The van der Waals surface area contributed by atoms with Crippen LogP contribution in [0.15, 0.2) is 48.5 Å². The van der Waals surface area contributed by atoms with Gasteiger partial charge in [-0.05, 0) is 61.7 Å². The van der Waals surface area contributed by atoms with Crippen LogP contribution in [0.5, 0.6) is 0 Å². The van der Waals surface area contributed by atoms with E-state index in [4.69, 9.17) is 0 Å². The zero-order valence-corrected chi connectivity index (χ0v) is 17.8. The van der Waals surface area contributed by atoms with E-state index in [1.165, 1.54) is 31.2 Å². The average Bonchev–Trinajstić information content (AvgIpc) is 2.97. The monoisotopic (exact) mass is 446 g/mol. The molecule has 3 rings (SSSR count). The van der Waals surface area contributed by atoms with Crippen molar-refractivity contribution in [2.75, 3.05) is 0 Å². The standard InChI is InChI=1S/C24H22F4N2O2/c1-14-21(16(3)31)15(2)30(13-17-7-9-20(25)10-8-17)22(14)23(32)29-12-18-5-4-6-19(11-18)24(26,27)28/h4-11H,12-13H2,1-3H3,(H,29,32). The fourth-order valence-corrected chi connectivity index (χ4v) is 3.80. The van der Waals surface area contributed by atoms with E-state index in [2.05, 4.69) is 5.32 Å². The number of halogens is 4. The first kappa shape index (κ1) is 23.2. The third-order valence-electron chi connectivity index (χ3n) is 5.30. The number of carbonyl (C=O) groups excluding carboxylic acids is 2. The van der Waals surface area contributed by atoms with Crippen LogP contribution in [0.4, 0.5) is 17.6 Å². The predicted molar refractivity (Wildman–Crippen MR) is 112 cm³/mol. The second-order valence-corrected chi connectivity index (χ2v) is 7.58. The maximum absolute atomic E-state index is 13.3. The Morgan fingerprint density at radius 2 is 1.66 bits per heavy atom. The number of alkyl halides is 3. The topological polar surface area (TPSA) is 51.1 Å². The zero-order chi connectivity index (χ0) is 23.6. The summed E-state index contributed by atoms with van der Waals surface area (Å²) in [5, 5.41) is 2.65. The lowest BCUT2D eigenvalue weighted by Gasteiger charge is -2.14. The van der Waals surface area contributed by atoms with Crippen molar-refractivity contribution in [1.82, 2.24) is 9.88 Å². The molecule has 0 saturated carbocycles. The van der Waals surface area contributed by atoms with Crippen molar-refractivity contribution in [3.8, 4) is 0 Å². The molecule has 1 heterocycles. The molecular weight excluding hydrogens is 424 g/mol. The Morgan fingerprint density at radius 1 is 1.00 bits per heavy atom. The van der Waals surface area contributed by atoms with E-state index < -0.39 is 23.5 Å². The molecule has 1 amide bonds. The highest BCUT2D eigenvalue weighted by Crippen LogP contribution is 2.29. The minimum absolute atomic E-state index is 0.113. The van der Waals surface area contributed by atoms with Gasteiger partial charge >= 0.3 is 6.18 Å². The Labute approximate surface area is 182 Å². The lowest BCUT2D eigenvalue weighted by molar-refractivity contribution is -0.137. The van der Waals surface area contributed by atoms with Crippen molar-refractivity contribution in [1.29, 1.82) is 0 Å². The summed E-state index contributed by atoms with van der Waals surface area (Å²) in [5.41, 5.74) is 1.95. The molecule has 1 aromatic heterocycles. The van der Waals surface area contributed by atoms with Gasteiger partial charge in [-0.2, -0.15) is 13.2 Å². The molecule has 4 nitrogen and oxygen atoms in total. The van der Waals surface area contributed by atoms with Gasteiger partial charge in [0.05, 0.1) is 5.56 Å². The van der Waals surface area contributed by atoms with Crippen molar-refractivity contribution in [2.45, 2.75) is 40.0 Å². The lowest BCUT2D eigenvalue weighted by Crippen LogP contribution is -2.27. The number of benzene rings is 2. The number of Topliss-reactive ketones (excluding diaryl/α,β-unsaturated/α-hetero) is 1. The number of amides is 1. The molecule has 0 saturated heterocycles. The number of hydrogen-bond donors (Lipinski definition) is 1. The van der Waals surface area contributed by atoms with Crippen molar-refractivity contribution in [3.63, 3.8) is 0 Å². The summed E-state index contributed by atoms with van der Waals surface area (Å²) in [4.78, 5) is 25.2. The first-order chi connectivity index (χ1) is 15.0. The average molecular weight is 446 g/mol. The second kappa shape index (κ2) is 8.98. The zero-order valence-electron chi connectivity index (χ0n) is 17.8. The molecule has 0 radical (unpaired) electrons. The highest BCUT2D eigenvalue weighted by molar-refractivity contribution is 6.02.